The van der Waals surface area contributed by atoms with Crippen molar-refractivity contribution in [3.63, 3.8) is 0 Å². The minimum atomic E-state index is -4.45. The van der Waals surface area contributed by atoms with Gasteiger partial charge in [-0.1, -0.05) is 92.5 Å². The summed E-state index contributed by atoms with van der Waals surface area (Å²) in [7, 11) is -4.45. The number of hydrogen-bond acceptors (Lipinski definition) is 5. The fourth-order valence-corrected chi connectivity index (χ4v) is 5.59. The number of carbonyl (C=O) groups excluding carboxylic acids is 2. The van der Waals surface area contributed by atoms with Gasteiger partial charge in [-0.05, 0) is 70.5 Å². The van der Waals surface area contributed by atoms with E-state index in [4.69, 9.17) is 23.2 Å². The molecule has 236 valence electrons. The Hall–Kier alpha value is -2.76. The number of rotatable bonds is 10. The molecule has 1 unspecified atom stereocenters. The molecular weight excluding hydrogens is 661 g/mol. The molecular formula is C34H32Cl2FN2NaO5S. The van der Waals surface area contributed by atoms with E-state index in [2.05, 4.69) is 31.4 Å². The van der Waals surface area contributed by atoms with Crippen LogP contribution in [0.2, 0.25) is 10.0 Å². The number of nitrogens with one attached hydrogen (secondary N) is 2. The zero-order valence-corrected chi connectivity index (χ0v) is 30.2. The first-order chi connectivity index (χ1) is 21.1. The molecule has 4 aromatic rings. The molecule has 2 amide bonds. The van der Waals surface area contributed by atoms with Crippen LogP contribution in [0.15, 0.2) is 84.9 Å². The van der Waals surface area contributed by atoms with Crippen molar-refractivity contribution in [2.45, 2.75) is 38.5 Å². The normalized spacial score (nSPS) is 12.2. The van der Waals surface area contributed by atoms with Gasteiger partial charge in [-0.2, -0.15) is 0 Å². The second-order valence-electron chi connectivity index (χ2n) is 11.7. The maximum absolute atomic E-state index is 15.3. The van der Waals surface area contributed by atoms with Gasteiger partial charge < -0.3 is 15.2 Å². The van der Waals surface area contributed by atoms with Crippen LogP contribution in [0.25, 0.3) is 11.1 Å². The van der Waals surface area contributed by atoms with E-state index in [0.717, 1.165) is 16.7 Å². The van der Waals surface area contributed by atoms with Gasteiger partial charge in [0.15, 0.2) is 0 Å². The molecule has 0 aliphatic heterocycles. The van der Waals surface area contributed by atoms with Gasteiger partial charge >= 0.3 is 29.6 Å². The molecule has 12 heteroatoms. The number of halogens is 3. The molecule has 0 saturated carbocycles. The van der Waals surface area contributed by atoms with E-state index in [1.807, 2.05) is 24.3 Å². The molecule has 0 aliphatic rings. The van der Waals surface area contributed by atoms with Crippen LogP contribution < -0.4 is 40.2 Å². The number of hydrogen-bond donors (Lipinski definition) is 2. The van der Waals surface area contributed by atoms with Crippen molar-refractivity contribution >= 4 is 50.8 Å². The van der Waals surface area contributed by atoms with Crippen molar-refractivity contribution < 1.29 is 56.5 Å². The van der Waals surface area contributed by atoms with Crippen molar-refractivity contribution in [3.05, 3.63) is 123 Å². The van der Waals surface area contributed by atoms with Crippen LogP contribution in [-0.2, 0) is 26.7 Å². The Bertz CT molecular complexity index is 1810. The number of anilines is 1. The molecule has 0 saturated heterocycles. The van der Waals surface area contributed by atoms with Gasteiger partial charge in [-0.15, -0.1) is 0 Å². The molecule has 0 bridgehead atoms. The Labute approximate surface area is 300 Å². The van der Waals surface area contributed by atoms with Gasteiger partial charge in [0.25, 0.3) is 5.91 Å². The average molecular weight is 694 g/mol. The first kappa shape index (κ1) is 37.7. The Morgan fingerprint density at radius 3 is 2.13 bits per heavy atom. The summed E-state index contributed by atoms with van der Waals surface area (Å²) < 4.78 is 47.7. The maximum Gasteiger partial charge on any atom is 1.00 e. The molecule has 0 heterocycles. The summed E-state index contributed by atoms with van der Waals surface area (Å²) in [5.41, 5.74) is 3.86. The Morgan fingerprint density at radius 1 is 0.913 bits per heavy atom. The molecule has 0 fully saturated rings. The molecule has 0 spiro atoms. The number of carbonyl (C=O) groups is 2. The fourth-order valence-electron chi connectivity index (χ4n) is 4.72. The van der Waals surface area contributed by atoms with E-state index in [1.165, 1.54) is 12.1 Å². The second kappa shape index (κ2) is 15.9. The van der Waals surface area contributed by atoms with Crippen LogP contribution in [0, 0.1) is 5.82 Å². The van der Waals surface area contributed by atoms with E-state index >= 15 is 4.39 Å². The minimum absolute atomic E-state index is 0. The second-order valence-corrected chi connectivity index (χ2v) is 14.0. The van der Waals surface area contributed by atoms with E-state index in [1.54, 1.807) is 48.5 Å². The predicted octanol–water partition coefficient (Wildman–Crippen LogP) is 4.34. The van der Waals surface area contributed by atoms with Crippen LogP contribution in [0.4, 0.5) is 10.1 Å². The number of benzene rings is 4. The molecule has 0 aromatic heterocycles. The first-order valence-electron chi connectivity index (χ1n) is 14.1. The third-order valence-electron chi connectivity index (χ3n) is 7.26. The molecule has 0 aliphatic carbocycles. The van der Waals surface area contributed by atoms with Crippen LogP contribution in [0.3, 0.4) is 0 Å². The monoisotopic (exact) mass is 692 g/mol. The average Bonchev–Trinajstić information content (AvgIpc) is 2.96. The molecule has 46 heavy (non-hydrogen) atoms. The van der Waals surface area contributed by atoms with Crippen molar-refractivity contribution in [1.82, 2.24) is 5.32 Å². The van der Waals surface area contributed by atoms with E-state index in [9.17, 15) is 22.6 Å². The van der Waals surface area contributed by atoms with Crippen LogP contribution >= 0.6 is 23.2 Å². The topological polar surface area (TPSA) is 115 Å². The van der Waals surface area contributed by atoms with Crippen molar-refractivity contribution in [3.8, 4) is 11.1 Å². The van der Waals surface area contributed by atoms with Crippen LogP contribution in [0.5, 0.6) is 0 Å². The summed E-state index contributed by atoms with van der Waals surface area (Å²) >= 11 is 12.3. The molecule has 4 rings (SSSR count). The molecule has 4 aromatic carbocycles. The summed E-state index contributed by atoms with van der Waals surface area (Å²) in [6, 6.07) is 23.6. The van der Waals surface area contributed by atoms with Crippen molar-refractivity contribution in [1.29, 1.82) is 0 Å². The van der Waals surface area contributed by atoms with Crippen LogP contribution in [0.1, 0.15) is 53.7 Å². The van der Waals surface area contributed by atoms with Crippen molar-refractivity contribution in [2.75, 3.05) is 17.6 Å². The van der Waals surface area contributed by atoms with Gasteiger partial charge in [-0.25, -0.2) is 12.8 Å². The summed E-state index contributed by atoms with van der Waals surface area (Å²) in [5, 5.41) is 5.96. The smallest absolute Gasteiger partial charge is 0.748 e. The zero-order valence-electron chi connectivity index (χ0n) is 25.9. The van der Waals surface area contributed by atoms with Gasteiger partial charge in [0.2, 0.25) is 5.91 Å². The maximum atomic E-state index is 15.3. The summed E-state index contributed by atoms with van der Waals surface area (Å²) in [5.74, 6) is -2.99. The third-order valence-corrected chi connectivity index (χ3v) is 8.51. The van der Waals surface area contributed by atoms with E-state index < -0.39 is 39.4 Å². The molecule has 1 atom stereocenters. The molecule has 0 radical (unpaired) electrons. The summed E-state index contributed by atoms with van der Waals surface area (Å²) in [6.45, 7) is 5.97. The van der Waals surface area contributed by atoms with Gasteiger partial charge in [0, 0.05) is 27.7 Å². The quantitative estimate of drug-likeness (QED) is 0.190. The predicted molar refractivity (Wildman–Crippen MR) is 175 cm³/mol. The Balaban J connectivity index is 0.00000576. The van der Waals surface area contributed by atoms with Gasteiger partial charge in [-0.3, -0.25) is 9.59 Å². The summed E-state index contributed by atoms with van der Waals surface area (Å²) in [4.78, 5) is 26.1. The Morgan fingerprint density at radius 2 is 1.57 bits per heavy atom. The van der Waals surface area contributed by atoms with Crippen LogP contribution in [-0.4, -0.2) is 37.1 Å². The Kier molecular flexibility index (Phi) is 13.0. The number of amides is 2. The summed E-state index contributed by atoms with van der Waals surface area (Å²) in [6.07, 6.45) is 0.247. The SMILES string of the molecule is CC(C)(C)c1ccc(C(Cc2ccc(C(=O)NCCS(=O)(=O)[O-])cc2)C(=O)Nc2ccc(-c3ccc(Cl)cc3Cl)cc2F)cc1.[Na+]. The third kappa shape index (κ3) is 10.4. The standard InChI is InChI=1S/C34H33Cl2FN2O5S.Na/c1-34(2,3)25-11-8-22(9-12-25)28(18-21-4-6-23(7-5-21)32(40)38-16-17-45(42,43)44)33(41)39-31-15-10-24(19-30(31)37)27-14-13-26(35)20-29(27)36;/h4-15,19-20,28H,16-18H2,1-3H3,(H,38,40)(H,39,41)(H,42,43,44);/q;+1/p-1. The van der Waals surface area contributed by atoms with E-state index in [-0.39, 0.29) is 59.2 Å². The van der Waals surface area contributed by atoms with Gasteiger partial charge in [0.1, 0.15) is 5.82 Å². The largest absolute Gasteiger partial charge is 1.00 e. The van der Waals surface area contributed by atoms with Crippen molar-refractivity contribution in [2.24, 2.45) is 0 Å². The fraction of sp³-hybridized carbons (Fsp3) is 0.235. The molecule has 2 N–H and O–H groups in total. The first-order valence-corrected chi connectivity index (χ1v) is 16.4. The zero-order chi connectivity index (χ0) is 32.9. The molecule has 7 nitrogen and oxygen atoms in total. The minimum Gasteiger partial charge on any atom is -0.748 e. The van der Waals surface area contributed by atoms with Gasteiger partial charge in [0.05, 0.1) is 27.5 Å². The van der Waals surface area contributed by atoms with E-state index in [0.29, 0.717) is 21.2 Å².